The van der Waals surface area contributed by atoms with Gasteiger partial charge < -0.3 is 19.5 Å². The second-order valence-electron chi connectivity index (χ2n) is 8.17. The normalized spacial score (nSPS) is 14.7. The first-order chi connectivity index (χ1) is 16.5. The van der Waals surface area contributed by atoms with Crippen molar-refractivity contribution < 1.29 is 23.8 Å². The van der Waals surface area contributed by atoms with Gasteiger partial charge in [-0.25, -0.2) is 0 Å². The average Bonchev–Trinajstić information content (AvgIpc) is 3.41. The molecule has 0 radical (unpaired) electrons. The van der Waals surface area contributed by atoms with Gasteiger partial charge in [0.05, 0.1) is 12.7 Å². The highest BCUT2D eigenvalue weighted by atomic mass is 16.7. The topological polar surface area (TPSA) is 77.1 Å². The standard InChI is InChI=1S/C27H24N2O5/c1-17-3-7-19(8-4-17)24-25(28-20-9-12-22-23(15-20)34-16-33-22)27(31)29(26(24)30)14-13-18-5-10-21(32-2)11-6-18/h3-12,15,28H,13-14,16H2,1-2H3. The van der Waals surface area contributed by atoms with E-state index in [1.807, 2.05) is 55.5 Å². The number of anilines is 1. The zero-order valence-electron chi connectivity index (χ0n) is 19.0. The molecule has 0 aliphatic carbocycles. The van der Waals surface area contributed by atoms with Crippen molar-refractivity contribution in [3.63, 3.8) is 0 Å². The quantitative estimate of drug-likeness (QED) is 0.538. The van der Waals surface area contributed by atoms with Crippen LogP contribution in [0.25, 0.3) is 5.57 Å². The van der Waals surface area contributed by atoms with Crippen LogP contribution in [-0.4, -0.2) is 37.2 Å². The molecule has 0 saturated heterocycles. The SMILES string of the molecule is COc1ccc(CCN2C(=O)C(Nc3ccc4c(c3)OCO4)=C(c3ccc(C)cc3)C2=O)cc1. The zero-order valence-corrected chi connectivity index (χ0v) is 19.0. The molecule has 5 rings (SSSR count). The van der Waals surface area contributed by atoms with Crippen LogP contribution in [0.5, 0.6) is 17.2 Å². The molecule has 0 saturated carbocycles. The van der Waals surface area contributed by atoms with E-state index in [0.717, 1.165) is 16.9 Å². The van der Waals surface area contributed by atoms with Crippen molar-refractivity contribution in [3.05, 3.63) is 89.1 Å². The van der Waals surface area contributed by atoms with E-state index in [2.05, 4.69) is 5.32 Å². The van der Waals surface area contributed by atoms with Gasteiger partial charge in [-0.15, -0.1) is 0 Å². The summed E-state index contributed by atoms with van der Waals surface area (Å²) < 4.78 is 16.0. The molecule has 2 aliphatic rings. The first-order valence-electron chi connectivity index (χ1n) is 11.0. The molecule has 3 aromatic rings. The Morgan fingerprint density at radius 2 is 1.65 bits per heavy atom. The Morgan fingerprint density at radius 1 is 0.912 bits per heavy atom. The van der Waals surface area contributed by atoms with Gasteiger partial charge in [-0.2, -0.15) is 0 Å². The maximum atomic E-state index is 13.5. The maximum Gasteiger partial charge on any atom is 0.278 e. The highest BCUT2D eigenvalue weighted by molar-refractivity contribution is 6.36. The van der Waals surface area contributed by atoms with Gasteiger partial charge >= 0.3 is 0 Å². The lowest BCUT2D eigenvalue weighted by Gasteiger charge is -2.15. The number of nitrogens with one attached hydrogen (secondary N) is 1. The summed E-state index contributed by atoms with van der Waals surface area (Å²) in [6.07, 6.45) is 0.542. The van der Waals surface area contributed by atoms with Crippen LogP contribution in [0, 0.1) is 6.92 Å². The third-order valence-corrected chi connectivity index (χ3v) is 5.93. The van der Waals surface area contributed by atoms with E-state index in [9.17, 15) is 9.59 Å². The van der Waals surface area contributed by atoms with Crippen molar-refractivity contribution in [3.8, 4) is 17.2 Å². The number of benzene rings is 3. The van der Waals surface area contributed by atoms with Crippen LogP contribution in [0.3, 0.4) is 0 Å². The Kier molecular flexibility index (Phi) is 5.67. The van der Waals surface area contributed by atoms with Crippen LogP contribution in [0.1, 0.15) is 16.7 Å². The monoisotopic (exact) mass is 456 g/mol. The molecule has 0 bridgehead atoms. The number of amides is 2. The third-order valence-electron chi connectivity index (χ3n) is 5.93. The number of methoxy groups -OCH3 is 1. The number of carbonyl (C=O) groups is 2. The van der Waals surface area contributed by atoms with Crippen LogP contribution >= 0.6 is 0 Å². The fourth-order valence-electron chi connectivity index (χ4n) is 4.03. The lowest BCUT2D eigenvalue weighted by atomic mass is 10.0. The molecule has 7 nitrogen and oxygen atoms in total. The first kappa shape index (κ1) is 21.6. The van der Waals surface area contributed by atoms with E-state index in [0.29, 0.717) is 34.7 Å². The fourth-order valence-corrected chi connectivity index (χ4v) is 4.03. The highest BCUT2D eigenvalue weighted by Crippen LogP contribution is 2.36. The number of hydrogen-bond acceptors (Lipinski definition) is 6. The molecule has 172 valence electrons. The number of nitrogens with zero attached hydrogens (tertiary/aromatic N) is 1. The van der Waals surface area contributed by atoms with Crippen LogP contribution < -0.4 is 19.5 Å². The van der Waals surface area contributed by atoms with Gasteiger partial charge in [-0.05, 0) is 48.7 Å². The second-order valence-corrected chi connectivity index (χ2v) is 8.17. The number of aryl methyl sites for hydroxylation is 1. The van der Waals surface area contributed by atoms with Crippen molar-refractivity contribution in [1.29, 1.82) is 0 Å². The number of carbonyl (C=O) groups excluding carboxylic acids is 2. The minimum Gasteiger partial charge on any atom is -0.497 e. The number of hydrogen-bond donors (Lipinski definition) is 1. The maximum absolute atomic E-state index is 13.5. The number of fused-ring (bicyclic) bond motifs is 1. The van der Waals surface area contributed by atoms with Crippen LogP contribution in [-0.2, 0) is 16.0 Å². The van der Waals surface area contributed by atoms with Crippen molar-refractivity contribution in [1.82, 2.24) is 4.90 Å². The van der Waals surface area contributed by atoms with Gasteiger partial charge in [-0.3, -0.25) is 14.5 Å². The molecule has 0 aromatic heterocycles. The summed E-state index contributed by atoms with van der Waals surface area (Å²) in [4.78, 5) is 28.2. The predicted molar refractivity (Wildman–Crippen MR) is 128 cm³/mol. The summed E-state index contributed by atoms with van der Waals surface area (Å²) in [7, 11) is 1.61. The number of rotatable bonds is 7. The lowest BCUT2D eigenvalue weighted by molar-refractivity contribution is -0.136. The first-order valence-corrected chi connectivity index (χ1v) is 11.0. The van der Waals surface area contributed by atoms with Gasteiger partial charge in [-0.1, -0.05) is 42.0 Å². The summed E-state index contributed by atoms with van der Waals surface area (Å²) in [6.45, 7) is 2.41. The molecule has 3 aromatic carbocycles. The predicted octanol–water partition coefficient (Wildman–Crippen LogP) is 4.17. The fraction of sp³-hybridized carbons (Fsp3) is 0.185. The molecule has 0 fully saturated rings. The van der Waals surface area contributed by atoms with E-state index in [-0.39, 0.29) is 30.8 Å². The molecular formula is C27H24N2O5. The van der Waals surface area contributed by atoms with E-state index < -0.39 is 0 Å². The molecule has 7 heteroatoms. The van der Waals surface area contributed by atoms with Crippen LogP contribution in [0.4, 0.5) is 5.69 Å². The minimum atomic E-state index is -0.355. The Hall–Kier alpha value is -4.26. The Bertz CT molecular complexity index is 1280. The van der Waals surface area contributed by atoms with E-state index in [1.165, 1.54) is 4.90 Å². The van der Waals surface area contributed by atoms with Crippen molar-refractivity contribution >= 4 is 23.1 Å². The van der Waals surface area contributed by atoms with E-state index in [4.69, 9.17) is 14.2 Å². The Labute approximate surface area is 197 Å². The minimum absolute atomic E-state index is 0.159. The molecule has 0 atom stereocenters. The van der Waals surface area contributed by atoms with Gasteiger partial charge in [0.15, 0.2) is 11.5 Å². The Morgan fingerprint density at radius 3 is 2.38 bits per heavy atom. The van der Waals surface area contributed by atoms with Crippen LogP contribution in [0.15, 0.2) is 72.4 Å². The van der Waals surface area contributed by atoms with E-state index in [1.54, 1.807) is 25.3 Å². The van der Waals surface area contributed by atoms with Crippen molar-refractivity contribution in [2.75, 3.05) is 25.8 Å². The molecule has 0 unspecified atom stereocenters. The summed E-state index contributed by atoms with van der Waals surface area (Å²) >= 11 is 0. The molecule has 2 amide bonds. The van der Waals surface area contributed by atoms with Gasteiger partial charge in [0, 0.05) is 18.3 Å². The lowest BCUT2D eigenvalue weighted by Crippen LogP contribution is -2.34. The number of ether oxygens (including phenoxy) is 3. The average molecular weight is 456 g/mol. The number of imide groups is 1. The largest absolute Gasteiger partial charge is 0.497 e. The van der Waals surface area contributed by atoms with E-state index >= 15 is 0 Å². The second kappa shape index (κ2) is 8.94. The summed E-state index contributed by atoms with van der Waals surface area (Å²) in [5.41, 5.74) is 4.03. The zero-order chi connectivity index (χ0) is 23.7. The molecule has 0 spiro atoms. The van der Waals surface area contributed by atoms with Gasteiger partial charge in [0.2, 0.25) is 6.79 Å². The van der Waals surface area contributed by atoms with Crippen molar-refractivity contribution in [2.24, 2.45) is 0 Å². The Balaban J connectivity index is 1.43. The summed E-state index contributed by atoms with van der Waals surface area (Å²) in [6, 6.07) is 20.5. The highest BCUT2D eigenvalue weighted by Gasteiger charge is 2.39. The smallest absolute Gasteiger partial charge is 0.278 e. The summed E-state index contributed by atoms with van der Waals surface area (Å²) in [5, 5.41) is 3.17. The van der Waals surface area contributed by atoms with Crippen LogP contribution in [0.2, 0.25) is 0 Å². The molecule has 2 aliphatic heterocycles. The third kappa shape index (κ3) is 4.08. The summed E-state index contributed by atoms with van der Waals surface area (Å²) in [5.74, 6) is 1.33. The molecule has 34 heavy (non-hydrogen) atoms. The van der Waals surface area contributed by atoms with Gasteiger partial charge in [0.25, 0.3) is 11.8 Å². The molecule has 1 N–H and O–H groups in total. The molecular weight excluding hydrogens is 432 g/mol. The molecule has 2 heterocycles. The van der Waals surface area contributed by atoms with Crippen molar-refractivity contribution in [2.45, 2.75) is 13.3 Å². The van der Waals surface area contributed by atoms with Gasteiger partial charge in [0.1, 0.15) is 11.4 Å².